The summed E-state index contributed by atoms with van der Waals surface area (Å²) in [6.07, 6.45) is 0. The van der Waals surface area contributed by atoms with E-state index >= 15 is 0 Å². The van der Waals surface area contributed by atoms with Crippen molar-refractivity contribution in [2.24, 2.45) is 10.2 Å². The number of azo groups is 1. The van der Waals surface area contributed by atoms with Crippen LogP contribution in [-0.4, -0.2) is 20.9 Å². The first-order valence-corrected chi connectivity index (χ1v) is 8.94. The maximum Gasteiger partial charge on any atom is 0.255 e. The van der Waals surface area contributed by atoms with Crippen LogP contribution in [0.25, 0.3) is 11.0 Å². The summed E-state index contributed by atoms with van der Waals surface area (Å²) in [7, 11) is 0. The number of hydrogen-bond acceptors (Lipinski definition) is 5. The van der Waals surface area contributed by atoms with Gasteiger partial charge in [0.1, 0.15) is 5.52 Å². The van der Waals surface area contributed by atoms with E-state index in [1.54, 1.807) is 41.1 Å². The molecular weight excluding hydrogens is 352 g/mol. The van der Waals surface area contributed by atoms with Crippen LogP contribution in [0.2, 0.25) is 0 Å². The van der Waals surface area contributed by atoms with Crippen LogP contribution < -0.4 is 5.32 Å². The topological polar surface area (TPSA) is 84.5 Å². The van der Waals surface area contributed by atoms with Crippen LogP contribution in [0.4, 0.5) is 17.1 Å². The number of aromatic nitrogens is 3. The molecular formula is C21H18N6O. The molecule has 1 aromatic heterocycles. The lowest BCUT2D eigenvalue weighted by Gasteiger charge is -2.05. The lowest BCUT2D eigenvalue weighted by molar-refractivity contribution is 0.102. The van der Waals surface area contributed by atoms with E-state index in [2.05, 4.69) is 25.9 Å². The number of anilines is 1. The molecule has 0 saturated heterocycles. The molecule has 0 aliphatic rings. The molecule has 0 unspecified atom stereocenters. The Morgan fingerprint density at radius 1 is 0.964 bits per heavy atom. The second-order valence-corrected chi connectivity index (χ2v) is 6.15. The third-order valence-corrected chi connectivity index (χ3v) is 4.24. The average molecular weight is 370 g/mol. The molecule has 1 heterocycles. The van der Waals surface area contributed by atoms with Crippen LogP contribution in [0.1, 0.15) is 17.3 Å². The minimum atomic E-state index is -0.202. The summed E-state index contributed by atoms with van der Waals surface area (Å²) >= 11 is 0. The van der Waals surface area contributed by atoms with Gasteiger partial charge in [-0.1, -0.05) is 23.4 Å². The highest BCUT2D eigenvalue weighted by molar-refractivity contribution is 6.05. The Bertz CT molecular complexity index is 1130. The van der Waals surface area contributed by atoms with Crippen molar-refractivity contribution < 1.29 is 4.79 Å². The Labute approximate surface area is 161 Å². The van der Waals surface area contributed by atoms with Gasteiger partial charge in [0.05, 0.1) is 16.9 Å². The van der Waals surface area contributed by atoms with Crippen molar-refractivity contribution in [2.75, 3.05) is 5.32 Å². The number of carbonyl (C=O) groups excluding carboxylic acids is 1. The molecule has 0 bridgehead atoms. The largest absolute Gasteiger partial charge is 0.322 e. The number of aryl methyl sites for hydroxylation is 1. The highest BCUT2D eigenvalue weighted by Gasteiger charge is 2.10. The zero-order valence-corrected chi connectivity index (χ0v) is 15.3. The van der Waals surface area contributed by atoms with Crippen molar-refractivity contribution in [3.05, 3.63) is 78.4 Å². The van der Waals surface area contributed by atoms with Crippen LogP contribution in [0.5, 0.6) is 0 Å². The lowest BCUT2D eigenvalue weighted by Crippen LogP contribution is -2.11. The first-order valence-electron chi connectivity index (χ1n) is 8.94. The van der Waals surface area contributed by atoms with Crippen molar-refractivity contribution in [1.82, 2.24) is 15.0 Å². The molecule has 7 nitrogen and oxygen atoms in total. The predicted molar refractivity (Wildman–Crippen MR) is 108 cm³/mol. The van der Waals surface area contributed by atoms with E-state index < -0.39 is 0 Å². The Morgan fingerprint density at radius 3 is 2.39 bits per heavy atom. The highest BCUT2D eigenvalue weighted by atomic mass is 16.1. The van der Waals surface area contributed by atoms with E-state index in [4.69, 9.17) is 0 Å². The molecule has 1 N–H and O–H groups in total. The predicted octanol–water partition coefficient (Wildman–Crippen LogP) is 5.12. The summed E-state index contributed by atoms with van der Waals surface area (Å²) in [5.74, 6) is -0.202. The number of nitrogens with zero attached hydrogens (tertiary/aromatic N) is 5. The molecule has 0 aliphatic carbocycles. The molecule has 0 saturated carbocycles. The summed E-state index contributed by atoms with van der Waals surface area (Å²) in [6, 6.07) is 22.1. The molecule has 0 atom stereocenters. The van der Waals surface area contributed by atoms with E-state index in [-0.39, 0.29) is 5.91 Å². The van der Waals surface area contributed by atoms with Crippen molar-refractivity contribution in [3.63, 3.8) is 0 Å². The molecule has 1 amide bonds. The summed E-state index contributed by atoms with van der Waals surface area (Å²) in [5.41, 5.74) is 4.32. The molecule has 7 heteroatoms. The summed E-state index contributed by atoms with van der Waals surface area (Å²) < 4.78 is 1.79. The summed E-state index contributed by atoms with van der Waals surface area (Å²) in [5, 5.41) is 19.4. The molecule has 138 valence electrons. The fourth-order valence-corrected chi connectivity index (χ4v) is 2.77. The minimum Gasteiger partial charge on any atom is -0.322 e. The molecule has 0 fully saturated rings. The van der Waals surface area contributed by atoms with Gasteiger partial charge < -0.3 is 5.32 Å². The normalized spacial score (nSPS) is 11.2. The zero-order chi connectivity index (χ0) is 19.3. The van der Waals surface area contributed by atoms with Gasteiger partial charge in [0.2, 0.25) is 0 Å². The van der Waals surface area contributed by atoms with Gasteiger partial charge in [-0.15, -0.1) is 5.10 Å². The van der Waals surface area contributed by atoms with Gasteiger partial charge in [-0.2, -0.15) is 10.2 Å². The number of amides is 1. The van der Waals surface area contributed by atoms with E-state index in [0.29, 0.717) is 22.5 Å². The van der Waals surface area contributed by atoms with Crippen molar-refractivity contribution in [2.45, 2.75) is 13.5 Å². The first kappa shape index (κ1) is 17.5. The van der Waals surface area contributed by atoms with Crippen molar-refractivity contribution in [3.8, 4) is 0 Å². The molecule has 4 aromatic rings. The van der Waals surface area contributed by atoms with E-state index in [0.717, 1.165) is 17.7 Å². The second kappa shape index (κ2) is 7.79. The standard InChI is InChI=1S/C21H18N6O/c1-2-27-20-13-8-15(14-19(20)25-26-27)21(28)22-16-9-11-18(12-10-16)24-23-17-6-4-3-5-7-17/h3-14H,2H2,1H3,(H,22,28). The second-order valence-electron chi connectivity index (χ2n) is 6.15. The Hall–Kier alpha value is -3.87. The maximum absolute atomic E-state index is 12.5. The Kier molecular flexibility index (Phi) is 4.88. The highest BCUT2D eigenvalue weighted by Crippen LogP contribution is 2.21. The smallest absolute Gasteiger partial charge is 0.255 e. The van der Waals surface area contributed by atoms with Crippen LogP contribution in [0.15, 0.2) is 83.0 Å². The zero-order valence-electron chi connectivity index (χ0n) is 15.3. The monoisotopic (exact) mass is 370 g/mol. The van der Waals surface area contributed by atoms with Gasteiger partial charge in [-0.3, -0.25) is 4.79 Å². The quantitative estimate of drug-likeness (QED) is 0.495. The van der Waals surface area contributed by atoms with E-state index in [9.17, 15) is 4.79 Å². The summed E-state index contributed by atoms with van der Waals surface area (Å²) in [4.78, 5) is 12.5. The Morgan fingerprint density at radius 2 is 1.68 bits per heavy atom. The maximum atomic E-state index is 12.5. The Balaban J connectivity index is 1.45. The molecule has 0 spiro atoms. The molecule has 0 aliphatic heterocycles. The molecule has 0 radical (unpaired) electrons. The van der Waals surface area contributed by atoms with Gasteiger partial charge in [0.15, 0.2) is 0 Å². The van der Waals surface area contributed by atoms with Crippen molar-refractivity contribution in [1.29, 1.82) is 0 Å². The number of carbonyl (C=O) groups is 1. The minimum absolute atomic E-state index is 0.202. The third kappa shape index (κ3) is 3.78. The molecule has 3 aromatic carbocycles. The summed E-state index contributed by atoms with van der Waals surface area (Å²) in [6.45, 7) is 2.73. The number of nitrogens with one attached hydrogen (secondary N) is 1. The van der Waals surface area contributed by atoms with Crippen LogP contribution in [-0.2, 0) is 6.54 Å². The fourth-order valence-electron chi connectivity index (χ4n) is 2.77. The average Bonchev–Trinajstić information content (AvgIpc) is 3.16. The number of hydrogen-bond donors (Lipinski definition) is 1. The van der Waals surface area contributed by atoms with Crippen LogP contribution >= 0.6 is 0 Å². The van der Waals surface area contributed by atoms with E-state index in [1.807, 2.05) is 43.3 Å². The number of rotatable bonds is 5. The van der Waals surface area contributed by atoms with Crippen LogP contribution in [0, 0.1) is 0 Å². The molecule has 28 heavy (non-hydrogen) atoms. The van der Waals surface area contributed by atoms with Gasteiger partial charge in [0.25, 0.3) is 5.91 Å². The number of benzene rings is 3. The fraction of sp³-hybridized carbons (Fsp3) is 0.0952. The van der Waals surface area contributed by atoms with Crippen molar-refractivity contribution >= 4 is 34.0 Å². The van der Waals surface area contributed by atoms with E-state index in [1.165, 1.54) is 0 Å². The SMILES string of the molecule is CCn1nnc2cc(C(=O)Nc3ccc(N=Nc4ccccc4)cc3)ccc21. The van der Waals surface area contributed by atoms with Gasteiger partial charge in [-0.05, 0) is 61.5 Å². The first-order chi connectivity index (χ1) is 13.7. The van der Waals surface area contributed by atoms with Gasteiger partial charge >= 0.3 is 0 Å². The third-order valence-electron chi connectivity index (χ3n) is 4.24. The molecule has 4 rings (SSSR count). The van der Waals surface area contributed by atoms with Gasteiger partial charge in [-0.25, -0.2) is 4.68 Å². The van der Waals surface area contributed by atoms with Gasteiger partial charge in [0, 0.05) is 17.8 Å². The van der Waals surface area contributed by atoms with Crippen LogP contribution in [0.3, 0.4) is 0 Å². The lowest BCUT2D eigenvalue weighted by atomic mass is 10.1. The number of fused-ring (bicyclic) bond motifs is 1.